The number of nitrogens with zero attached hydrogens (tertiary/aromatic N) is 4. The summed E-state index contributed by atoms with van der Waals surface area (Å²) in [4.78, 5) is 6.07. The van der Waals surface area contributed by atoms with Crippen LogP contribution >= 0.6 is 0 Å². The van der Waals surface area contributed by atoms with Crippen molar-refractivity contribution < 1.29 is 9.47 Å². The van der Waals surface area contributed by atoms with Gasteiger partial charge in [-0.2, -0.15) is 10.5 Å². The quantitative estimate of drug-likeness (QED) is 0.144. The van der Waals surface area contributed by atoms with Crippen molar-refractivity contribution in [3.63, 3.8) is 0 Å². The molecule has 0 saturated carbocycles. The Bertz CT molecular complexity index is 1560. The summed E-state index contributed by atoms with van der Waals surface area (Å²) in [7, 11) is 1.72. The highest BCUT2D eigenvalue weighted by atomic mass is 16.5. The van der Waals surface area contributed by atoms with Crippen LogP contribution in [0, 0.1) is 43.1 Å². The molecule has 6 nitrogen and oxygen atoms in total. The van der Waals surface area contributed by atoms with Crippen molar-refractivity contribution >= 4 is 23.9 Å². The van der Waals surface area contributed by atoms with Gasteiger partial charge in [0.1, 0.15) is 23.5 Å². The number of aryl methyl sites for hydroxylation is 2. The number of ether oxygens (including phenoxy) is 2. The van der Waals surface area contributed by atoms with Gasteiger partial charge < -0.3 is 14.4 Å². The minimum Gasteiger partial charge on any atom is -0.496 e. The molecule has 222 valence electrons. The molecule has 6 heteroatoms. The van der Waals surface area contributed by atoms with Gasteiger partial charge in [0.05, 0.1) is 13.7 Å². The van der Waals surface area contributed by atoms with Gasteiger partial charge in [-0.15, -0.1) is 0 Å². The highest BCUT2D eigenvalue weighted by molar-refractivity contribution is 5.76. The Balaban J connectivity index is 1.90. The van der Waals surface area contributed by atoms with E-state index in [4.69, 9.17) is 16.0 Å². The van der Waals surface area contributed by atoms with E-state index < -0.39 is 5.60 Å². The molecule has 0 fully saturated rings. The number of hydrogen-bond donors (Lipinski definition) is 0. The van der Waals surface area contributed by atoms with Gasteiger partial charge >= 0.3 is 0 Å². The molecule has 1 aliphatic rings. The Hall–Kier alpha value is -4.73. The van der Waals surface area contributed by atoms with Crippen molar-refractivity contribution in [3.8, 4) is 17.9 Å². The molecule has 2 aromatic rings. The van der Waals surface area contributed by atoms with E-state index in [1.54, 1.807) is 7.11 Å². The molecule has 0 bridgehead atoms. The molecule has 0 unspecified atom stereocenters. The van der Waals surface area contributed by atoms with Gasteiger partial charge in [-0.05, 0) is 74.9 Å². The van der Waals surface area contributed by atoms with E-state index in [0.29, 0.717) is 5.57 Å². The highest BCUT2D eigenvalue weighted by Gasteiger charge is 2.38. The van der Waals surface area contributed by atoms with Crippen LogP contribution in [0.3, 0.4) is 0 Å². The molecule has 0 radical (unpaired) electrons. The smallest absolute Gasteiger partial charge is 0.237 e. The van der Waals surface area contributed by atoms with Gasteiger partial charge in [-0.3, -0.25) is 0 Å². The van der Waals surface area contributed by atoms with E-state index in [0.717, 1.165) is 46.7 Å². The third-order valence-corrected chi connectivity index (χ3v) is 7.71. The zero-order valence-corrected chi connectivity index (χ0v) is 26.5. The minimum atomic E-state index is -0.839. The van der Waals surface area contributed by atoms with Crippen LogP contribution < -0.4 is 9.64 Å². The second kappa shape index (κ2) is 14.9. The molecule has 0 spiro atoms. The zero-order valence-electron chi connectivity index (χ0n) is 26.5. The topological polar surface area (TPSA) is 73.6 Å². The van der Waals surface area contributed by atoms with Crippen LogP contribution in [0.25, 0.3) is 23.1 Å². The van der Waals surface area contributed by atoms with Crippen molar-refractivity contribution in [1.82, 2.24) is 0 Å². The second-order valence-corrected chi connectivity index (χ2v) is 11.3. The van der Waals surface area contributed by atoms with Crippen LogP contribution in [-0.2, 0) is 4.74 Å². The molecule has 0 aliphatic carbocycles. The lowest BCUT2D eigenvalue weighted by Crippen LogP contribution is -2.25. The minimum absolute atomic E-state index is 0.0520. The molecule has 0 amide bonds. The van der Waals surface area contributed by atoms with E-state index in [-0.39, 0.29) is 17.0 Å². The third kappa shape index (κ3) is 7.77. The lowest BCUT2D eigenvalue weighted by molar-refractivity contribution is 0.0954. The van der Waals surface area contributed by atoms with Crippen molar-refractivity contribution in [3.05, 3.63) is 98.2 Å². The molecule has 43 heavy (non-hydrogen) atoms. The van der Waals surface area contributed by atoms with Gasteiger partial charge in [0.25, 0.3) is 0 Å². The average molecular weight is 575 g/mol. The van der Waals surface area contributed by atoms with Crippen molar-refractivity contribution in [2.75, 3.05) is 25.1 Å². The molecule has 0 N–H and O–H groups in total. The Kier molecular flexibility index (Phi) is 11.4. The highest BCUT2D eigenvalue weighted by Crippen LogP contribution is 2.41. The maximum Gasteiger partial charge on any atom is 0.237 e. The first-order valence-corrected chi connectivity index (χ1v) is 14.9. The monoisotopic (exact) mass is 574 g/mol. The second-order valence-electron chi connectivity index (χ2n) is 11.3. The van der Waals surface area contributed by atoms with Crippen molar-refractivity contribution in [2.24, 2.45) is 0 Å². The third-order valence-electron chi connectivity index (χ3n) is 7.71. The Labute approximate surface area is 257 Å². The molecular weight excluding hydrogens is 532 g/mol. The van der Waals surface area contributed by atoms with Gasteiger partial charge in [-0.25, -0.2) is 4.85 Å². The summed E-state index contributed by atoms with van der Waals surface area (Å²) in [6.07, 6.45) is 12.7. The summed E-state index contributed by atoms with van der Waals surface area (Å²) in [6, 6.07) is 14.4. The van der Waals surface area contributed by atoms with E-state index in [1.807, 2.05) is 38.1 Å². The average Bonchev–Trinajstić information content (AvgIpc) is 3.26. The first-order chi connectivity index (χ1) is 20.6. The van der Waals surface area contributed by atoms with Crippen LogP contribution in [0.2, 0.25) is 0 Å². The molecule has 0 aromatic heterocycles. The Morgan fingerprint density at radius 2 is 1.49 bits per heavy atom. The van der Waals surface area contributed by atoms with Crippen LogP contribution in [-0.4, -0.2) is 25.8 Å². The number of hydrogen-bond acceptors (Lipinski definition) is 5. The molecule has 2 aromatic carbocycles. The fourth-order valence-corrected chi connectivity index (χ4v) is 5.13. The molecule has 1 heterocycles. The summed E-state index contributed by atoms with van der Waals surface area (Å²) in [6.45, 7) is 22.0. The summed E-state index contributed by atoms with van der Waals surface area (Å²) in [5.74, 6) is 0.909. The predicted molar refractivity (Wildman–Crippen MR) is 176 cm³/mol. The Morgan fingerprint density at radius 1 is 0.930 bits per heavy atom. The van der Waals surface area contributed by atoms with Crippen LogP contribution in [0.15, 0.2) is 59.0 Å². The normalized spacial score (nSPS) is 14.0. The van der Waals surface area contributed by atoms with Crippen LogP contribution in [0.4, 0.5) is 5.69 Å². The lowest BCUT2D eigenvalue weighted by Gasteiger charge is -2.25. The SMILES string of the molecule is [C-]#[N+]C1=C(/C=C/c2cc(C)c(/C=C/c3ccc(N(CCCC)CCCC)cc3OC)cc2C)C(C)(C)OC1=C(C#N)C#N. The first kappa shape index (κ1) is 32.8. The van der Waals surface area contributed by atoms with Gasteiger partial charge in [0, 0.05) is 36.0 Å². The molecule has 3 rings (SSSR count). The standard InChI is InChI=1S/C37H42N4O2/c1-9-11-19-41(20-12-10-2)32-17-15-28(34(23-32)42-8)13-14-29-21-27(4)30(22-26(29)3)16-18-33-35(40-7)36(31(24-38)25-39)43-37(33,5)6/h13-18,21-23H,9-12,19-20H2,1-6,8H3/b14-13+,18-16+. The van der Waals surface area contributed by atoms with Gasteiger partial charge in [0.2, 0.25) is 5.70 Å². The number of allylic oxidation sites excluding steroid dienone is 1. The number of methoxy groups -OCH3 is 1. The molecule has 0 saturated heterocycles. The van der Waals surface area contributed by atoms with E-state index in [1.165, 1.54) is 31.4 Å². The lowest BCUT2D eigenvalue weighted by atomic mass is 9.94. The van der Waals surface area contributed by atoms with Crippen molar-refractivity contribution in [1.29, 1.82) is 10.5 Å². The summed E-state index contributed by atoms with van der Waals surface area (Å²) < 4.78 is 11.7. The van der Waals surface area contributed by atoms with Crippen LogP contribution in [0.5, 0.6) is 5.75 Å². The van der Waals surface area contributed by atoms with E-state index in [9.17, 15) is 10.5 Å². The van der Waals surface area contributed by atoms with Gasteiger partial charge in [-0.1, -0.05) is 63.1 Å². The number of benzene rings is 2. The number of anilines is 1. The summed E-state index contributed by atoms with van der Waals surface area (Å²) >= 11 is 0. The largest absolute Gasteiger partial charge is 0.496 e. The maximum absolute atomic E-state index is 9.33. The fraction of sp³-hybridized carbons (Fsp3) is 0.378. The van der Waals surface area contributed by atoms with Crippen LogP contribution in [0.1, 0.15) is 81.2 Å². The molecule has 1 aliphatic heterocycles. The van der Waals surface area contributed by atoms with E-state index >= 15 is 0 Å². The number of nitriles is 2. The van der Waals surface area contributed by atoms with E-state index in [2.05, 4.69) is 79.9 Å². The maximum atomic E-state index is 9.33. The van der Waals surface area contributed by atoms with Gasteiger partial charge in [0.15, 0.2) is 11.3 Å². The summed E-state index contributed by atoms with van der Waals surface area (Å²) in [5.41, 5.74) is 6.35. The fourth-order valence-electron chi connectivity index (χ4n) is 5.13. The number of rotatable bonds is 12. The Morgan fingerprint density at radius 3 is 2.00 bits per heavy atom. The zero-order chi connectivity index (χ0) is 31.6. The predicted octanol–water partition coefficient (Wildman–Crippen LogP) is 9.19. The molecular formula is C37H42N4O2. The molecule has 0 atom stereocenters. The summed E-state index contributed by atoms with van der Waals surface area (Å²) in [5, 5.41) is 18.7. The first-order valence-electron chi connectivity index (χ1n) is 14.9. The van der Waals surface area contributed by atoms with Crippen molar-refractivity contribution in [2.45, 2.75) is 72.8 Å². The number of unbranched alkanes of at least 4 members (excludes halogenated alkanes) is 2.